The van der Waals surface area contributed by atoms with Crippen molar-refractivity contribution in [2.45, 2.75) is 26.2 Å². The van der Waals surface area contributed by atoms with Gasteiger partial charge in [-0.3, -0.25) is 4.79 Å². The quantitative estimate of drug-likeness (QED) is 0.743. The fourth-order valence-electron chi connectivity index (χ4n) is 1.23. The monoisotopic (exact) mass is 237 g/mol. The van der Waals surface area contributed by atoms with Crippen molar-refractivity contribution >= 4 is 11.9 Å². The van der Waals surface area contributed by atoms with E-state index >= 15 is 0 Å². The first kappa shape index (κ1) is 13.4. The van der Waals surface area contributed by atoms with Crippen molar-refractivity contribution in [3.05, 3.63) is 18.0 Å². The summed E-state index contributed by atoms with van der Waals surface area (Å²) >= 11 is 0. The fourth-order valence-corrected chi connectivity index (χ4v) is 1.23. The lowest BCUT2D eigenvalue weighted by molar-refractivity contribution is -0.138. The van der Waals surface area contributed by atoms with Crippen LogP contribution < -0.4 is 4.90 Å². The molecule has 0 fully saturated rings. The summed E-state index contributed by atoms with van der Waals surface area (Å²) < 4.78 is 4.58. The van der Waals surface area contributed by atoms with Gasteiger partial charge in [0.25, 0.3) is 0 Å². The number of carbonyl (C=O) groups is 1. The van der Waals surface area contributed by atoms with E-state index in [1.807, 2.05) is 0 Å². The molecule has 1 aromatic heterocycles. The second-order valence-corrected chi connectivity index (χ2v) is 4.95. The van der Waals surface area contributed by atoms with Crippen LogP contribution in [0.2, 0.25) is 0 Å². The summed E-state index contributed by atoms with van der Waals surface area (Å²) in [5.74, 6) is 0.208. The van der Waals surface area contributed by atoms with Crippen molar-refractivity contribution in [1.82, 2.24) is 9.97 Å². The van der Waals surface area contributed by atoms with Crippen LogP contribution in [0.25, 0.3) is 0 Å². The average molecular weight is 237 g/mol. The molecule has 0 aromatic carbocycles. The van der Waals surface area contributed by atoms with Gasteiger partial charge in [-0.15, -0.1) is 0 Å². The third-order valence-electron chi connectivity index (χ3n) is 2.44. The summed E-state index contributed by atoms with van der Waals surface area (Å²) in [5, 5.41) is 0. The van der Waals surface area contributed by atoms with Gasteiger partial charge in [-0.2, -0.15) is 0 Å². The minimum absolute atomic E-state index is 0.0272. The fraction of sp³-hybridized carbons (Fsp3) is 0.583. The number of likely N-dealkylation sites (N-methyl/N-ethyl adjacent to an activating group) is 1. The molecule has 5 nitrogen and oxygen atoms in total. The van der Waals surface area contributed by atoms with Crippen LogP contribution in [0.5, 0.6) is 0 Å². The lowest BCUT2D eigenvalue weighted by atomic mass is 9.89. The van der Waals surface area contributed by atoms with E-state index in [0.717, 1.165) is 5.56 Å². The van der Waals surface area contributed by atoms with Crippen molar-refractivity contribution in [3.8, 4) is 0 Å². The highest BCUT2D eigenvalue weighted by Crippen LogP contribution is 2.20. The van der Waals surface area contributed by atoms with Gasteiger partial charge in [0.2, 0.25) is 5.95 Å². The van der Waals surface area contributed by atoms with E-state index in [0.29, 0.717) is 5.95 Å². The second-order valence-electron chi connectivity index (χ2n) is 4.95. The Kier molecular flexibility index (Phi) is 4.04. The standard InChI is InChI=1S/C12H19N3O2/c1-12(2,3)9-6-13-11(14-7-9)15(4)8-10(16)17-5/h6-7H,8H2,1-5H3. The molecule has 94 valence electrons. The molecule has 0 radical (unpaired) electrons. The van der Waals surface area contributed by atoms with Gasteiger partial charge in [-0.05, 0) is 11.0 Å². The molecule has 0 aliphatic heterocycles. The summed E-state index contributed by atoms with van der Waals surface area (Å²) in [7, 11) is 3.11. The molecule has 1 aromatic rings. The van der Waals surface area contributed by atoms with E-state index in [1.54, 1.807) is 24.3 Å². The van der Waals surface area contributed by atoms with Crippen LogP contribution in [0.4, 0.5) is 5.95 Å². The number of aromatic nitrogens is 2. The maximum absolute atomic E-state index is 11.1. The number of anilines is 1. The molecule has 0 amide bonds. The van der Waals surface area contributed by atoms with E-state index in [-0.39, 0.29) is 17.9 Å². The predicted octanol–water partition coefficient (Wildman–Crippen LogP) is 1.38. The maximum Gasteiger partial charge on any atom is 0.325 e. The molecule has 5 heteroatoms. The molecule has 0 aliphatic carbocycles. The molecule has 0 N–H and O–H groups in total. The Balaban J connectivity index is 2.77. The number of ether oxygens (including phenoxy) is 1. The maximum atomic E-state index is 11.1. The zero-order valence-corrected chi connectivity index (χ0v) is 11.0. The number of rotatable bonds is 3. The molecule has 0 bridgehead atoms. The van der Waals surface area contributed by atoms with Crippen molar-refractivity contribution in [1.29, 1.82) is 0 Å². The van der Waals surface area contributed by atoms with Crippen molar-refractivity contribution in [2.75, 3.05) is 25.6 Å². The highest BCUT2D eigenvalue weighted by Gasteiger charge is 2.16. The van der Waals surface area contributed by atoms with Gasteiger partial charge in [-0.1, -0.05) is 20.8 Å². The number of hydrogen-bond acceptors (Lipinski definition) is 5. The molecular formula is C12H19N3O2. The van der Waals surface area contributed by atoms with E-state index in [1.165, 1.54) is 7.11 Å². The first-order valence-electron chi connectivity index (χ1n) is 5.45. The normalized spacial score (nSPS) is 11.1. The van der Waals surface area contributed by atoms with Crippen LogP contribution in [0, 0.1) is 0 Å². The summed E-state index contributed by atoms with van der Waals surface area (Å²) in [5.41, 5.74) is 1.09. The second kappa shape index (κ2) is 5.12. The first-order chi connectivity index (χ1) is 7.84. The van der Waals surface area contributed by atoms with Crippen molar-refractivity contribution in [3.63, 3.8) is 0 Å². The molecule has 0 spiro atoms. The van der Waals surface area contributed by atoms with Gasteiger partial charge in [0.05, 0.1) is 7.11 Å². The van der Waals surface area contributed by atoms with Gasteiger partial charge in [0.1, 0.15) is 6.54 Å². The lowest BCUT2D eigenvalue weighted by Crippen LogP contribution is -2.28. The van der Waals surface area contributed by atoms with Gasteiger partial charge >= 0.3 is 5.97 Å². The van der Waals surface area contributed by atoms with Crippen LogP contribution >= 0.6 is 0 Å². The zero-order valence-electron chi connectivity index (χ0n) is 11.0. The number of methoxy groups -OCH3 is 1. The number of nitrogens with zero attached hydrogens (tertiary/aromatic N) is 3. The van der Waals surface area contributed by atoms with Crippen LogP contribution in [-0.2, 0) is 14.9 Å². The van der Waals surface area contributed by atoms with Crippen LogP contribution in [0.1, 0.15) is 26.3 Å². The predicted molar refractivity (Wildman–Crippen MR) is 66.0 cm³/mol. The Morgan fingerprint density at radius 1 is 1.35 bits per heavy atom. The van der Waals surface area contributed by atoms with Crippen molar-refractivity contribution in [2.24, 2.45) is 0 Å². The topological polar surface area (TPSA) is 55.3 Å². The molecule has 0 atom stereocenters. The third kappa shape index (κ3) is 3.69. The molecular weight excluding hydrogens is 218 g/mol. The smallest absolute Gasteiger partial charge is 0.325 e. The van der Waals surface area contributed by atoms with E-state index in [2.05, 4.69) is 35.5 Å². The summed E-state index contributed by atoms with van der Waals surface area (Å²) in [6.45, 7) is 6.45. The summed E-state index contributed by atoms with van der Waals surface area (Å²) in [6.07, 6.45) is 3.58. The molecule has 1 rings (SSSR count). The SMILES string of the molecule is COC(=O)CN(C)c1ncc(C(C)(C)C)cn1. The largest absolute Gasteiger partial charge is 0.468 e. The van der Waals surface area contributed by atoms with E-state index in [4.69, 9.17) is 0 Å². The number of carbonyl (C=O) groups excluding carboxylic acids is 1. The average Bonchev–Trinajstić information content (AvgIpc) is 2.27. The van der Waals surface area contributed by atoms with Gasteiger partial charge in [0.15, 0.2) is 0 Å². The minimum Gasteiger partial charge on any atom is -0.468 e. The van der Waals surface area contributed by atoms with Crippen molar-refractivity contribution < 1.29 is 9.53 Å². The zero-order chi connectivity index (χ0) is 13.1. The number of esters is 1. The Morgan fingerprint density at radius 3 is 2.29 bits per heavy atom. The van der Waals surface area contributed by atoms with Gasteiger partial charge in [-0.25, -0.2) is 9.97 Å². The van der Waals surface area contributed by atoms with Gasteiger partial charge in [0, 0.05) is 19.4 Å². The number of hydrogen-bond donors (Lipinski definition) is 0. The highest BCUT2D eigenvalue weighted by atomic mass is 16.5. The van der Waals surface area contributed by atoms with Crippen LogP contribution in [0.3, 0.4) is 0 Å². The Labute approximate surface area is 102 Å². The molecule has 0 saturated carbocycles. The molecule has 1 heterocycles. The molecule has 0 unspecified atom stereocenters. The molecule has 0 aliphatic rings. The van der Waals surface area contributed by atoms with Gasteiger partial charge < -0.3 is 9.64 Å². The first-order valence-corrected chi connectivity index (χ1v) is 5.45. The Morgan fingerprint density at radius 2 is 1.88 bits per heavy atom. The Bertz CT molecular complexity index is 382. The molecule has 17 heavy (non-hydrogen) atoms. The van der Waals surface area contributed by atoms with E-state index in [9.17, 15) is 4.79 Å². The third-order valence-corrected chi connectivity index (χ3v) is 2.44. The summed E-state index contributed by atoms with van der Waals surface area (Å²) in [6, 6.07) is 0. The Hall–Kier alpha value is -1.65. The van der Waals surface area contributed by atoms with Crippen LogP contribution in [0.15, 0.2) is 12.4 Å². The van der Waals surface area contributed by atoms with E-state index < -0.39 is 0 Å². The lowest BCUT2D eigenvalue weighted by Gasteiger charge is -2.20. The van der Waals surface area contributed by atoms with Crippen LogP contribution in [-0.4, -0.2) is 36.6 Å². The highest BCUT2D eigenvalue weighted by molar-refractivity contribution is 5.74. The molecule has 0 saturated heterocycles. The summed E-state index contributed by atoms with van der Waals surface area (Å²) in [4.78, 5) is 21.2. The minimum atomic E-state index is -0.309.